The molecule has 4 heterocycles. The van der Waals surface area contributed by atoms with Gasteiger partial charge >= 0.3 is 0 Å². The summed E-state index contributed by atoms with van der Waals surface area (Å²) >= 11 is 9.48. The number of hydrogen-bond acceptors (Lipinski definition) is 5. The Bertz CT molecular complexity index is 861. The number of rotatable bonds is 5. The van der Waals surface area contributed by atoms with Crippen LogP contribution >= 0.6 is 27.5 Å². The zero-order valence-electron chi connectivity index (χ0n) is 17.4. The molecule has 1 N–H and O–H groups in total. The van der Waals surface area contributed by atoms with Crippen LogP contribution in [0.15, 0.2) is 16.7 Å². The Morgan fingerprint density at radius 2 is 1.86 bits per heavy atom. The molecule has 0 unspecified atom stereocenters. The van der Waals surface area contributed by atoms with Crippen molar-refractivity contribution in [2.45, 2.75) is 69.9 Å². The Labute approximate surface area is 185 Å². The van der Waals surface area contributed by atoms with Gasteiger partial charge in [0, 0.05) is 5.69 Å². The van der Waals surface area contributed by atoms with Gasteiger partial charge in [-0.25, -0.2) is 4.98 Å². The van der Waals surface area contributed by atoms with Crippen LogP contribution < -0.4 is 0 Å². The molecule has 2 fully saturated rings. The van der Waals surface area contributed by atoms with E-state index in [-0.39, 0.29) is 29.5 Å². The summed E-state index contributed by atoms with van der Waals surface area (Å²) in [5, 5.41) is 0.729. The van der Waals surface area contributed by atoms with E-state index in [1.807, 2.05) is 12.1 Å². The number of aromatic amines is 1. The van der Waals surface area contributed by atoms with Crippen molar-refractivity contribution in [3.8, 4) is 0 Å². The van der Waals surface area contributed by atoms with Crippen molar-refractivity contribution < 1.29 is 18.6 Å². The lowest BCUT2D eigenvalue weighted by atomic mass is 10.1. The summed E-state index contributed by atoms with van der Waals surface area (Å²) in [6.07, 6.45) is -0.280. The molecule has 4 atom stereocenters. The number of nitrogens with one attached hydrogen (secondary N) is 1. The molecule has 160 valence electrons. The first kappa shape index (κ1) is 21.7. The Balaban J connectivity index is 1.37. The number of aromatic nitrogens is 2. The molecule has 0 saturated carbocycles. The number of nitrogens with zero attached hydrogens (tertiary/aromatic N) is 1. The fourth-order valence-corrected chi connectivity index (χ4v) is 5.34. The Hall–Kier alpha value is -0.483. The van der Waals surface area contributed by atoms with Crippen LogP contribution in [0.4, 0.5) is 0 Å². The minimum absolute atomic E-state index is 0.0220. The highest BCUT2D eigenvalue weighted by Gasteiger charge is 2.51. The maximum absolute atomic E-state index is 6.55. The van der Waals surface area contributed by atoms with Crippen LogP contribution in [0, 0.1) is 0 Å². The second-order valence-electron chi connectivity index (χ2n) is 9.35. The van der Waals surface area contributed by atoms with E-state index in [4.69, 9.17) is 30.2 Å². The van der Waals surface area contributed by atoms with Crippen molar-refractivity contribution in [2.75, 3.05) is 13.2 Å². The minimum atomic E-state index is -1.88. The molecule has 0 aromatic carbocycles. The molecule has 29 heavy (non-hydrogen) atoms. The molecule has 9 heteroatoms. The van der Waals surface area contributed by atoms with E-state index in [9.17, 15) is 0 Å². The summed E-state index contributed by atoms with van der Waals surface area (Å²) in [5.74, 6) is 0. The van der Waals surface area contributed by atoms with Gasteiger partial charge in [-0.3, -0.25) is 0 Å². The van der Waals surface area contributed by atoms with Crippen molar-refractivity contribution >= 4 is 46.9 Å². The van der Waals surface area contributed by atoms with Crippen molar-refractivity contribution in [2.24, 2.45) is 0 Å². The molecule has 6 nitrogen and oxygen atoms in total. The molecule has 2 aliphatic rings. The predicted molar refractivity (Wildman–Crippen MR) is 119 cm³/mol. The number of halogens is 2. The number of pyridine rings is 1. The number of fused-ring (bicyclic) bond motifs is 2. The molecule has 0 radical (unpaired) electrons. The van der Waals surface area contributed by atoms with Crippen LogP contribution in [0.3, 0.4) is 0 Å². The van der Waals surface area contributed by atoms with Crippen molar-refractivity contribution in [3.63, 3.8) is 0 Å². The quantitative estimate of drug-likeness (QED) is 0.457. The van der Waals surface area contributed by atoms with Crippen LogP contribution in [-0.4, -0.2) is 55.9 Å². The lowest BCUT2D eigenvalue weighted by Crippen LogP contribution is -2.47. The maximum atomic E-state index is 6.55. The minimum Gasteiger partial charge on any atom is -0.409 e. The topological polar surface area (TPSA) is 65.6 Å². The Morgan fingerprint density at radius 1 is 1.21 bits per heavy atom. The molecule has 4 rings (SSSR count). The summed E-state index contributed by atoms with van der Waals surface area (Å²) in [6.45, 7) is 12.8. The number of hydrogen-bond donors (Lipinski definition) is 1. The average Bonchev–Trinajstić information content (AvgIpc) is 3.29. The summed E-state index contributed by atoms with van der Waals surface area (Å²) < 4.78 is 25.4. The van der Waals surface area contributed by atoms with Gasteiger partial charge < -0.3 is 23.6 Å². The first-order valence-electron chi connectivity index (χ1n) is 9.91. The number of ether oxygens (including phenoxy) is 3. The summed E-state index contributed by atoms with van der Waals surface area (Å²) in [5.41, 5.74) is 2.68. The highest BCUT2D eigenvalue weighted by molar-refractivity contribution is 9.10. The van der Waals surface area contributed by atoms with E-state index in [1.165, 1.54) is 0 Å². The molecule has 2 saturated heterocycles. The largest absolute Gasteiger partial charge is 0.409 e. The van der Waals surface area contributed by atoms with Crippen molar-refractivity contribution in [1.82, 2.24) is 9.97 Å². The molecule has 2 aromatic rings. The van der Waals surface area contributed by atoms with Gasteiger partial charge in [0.15, 0.2) is 8.32 Å². The van der Waals surface area contributed by atoms with Gasteiger partial charge in [0.05, 0.1) is 42.0 Å². The Kier molecular flexibility index (Phi) is 5.91. The zero-order valence-corrected chi connectivity index (χ0v) is 20.8. The summed E-state index contributed by atoms with van der Waals surface area (Å²) in [4.78, 5) is 7.74. The smallest absolute Gasteiger partial charge is 0.192 e. The van der Waals surface area contributed by atoms with Crippen LogP contribution in [-0.2, 0) is 25.2 Å². The van der Waals surface area contributed by atoms with Gasteiger partial charge in [-0.1, -0.05) is 32.4 Å². The fraction of sp³-hybridized carbons (Fsp3) is 0.650. The van der Waals surface area contributed by atoms with Crippen molar-refractivity contribution in [3.05, 3.63) is 27.5 Å². The van der Waals surface area contributed by atoms with E-state index in [2.05, 4.69) is 59.8 Å². The third kappa shape index (κ3) is 4.30. The first-order chi connectivity index (χ1) is 13.5. The fourth-order valence-electron chi connectivity index (χ4n) is 3.57. The normalized spacial score (nSPS) is 27.7. The first-order valence-corrected chi connectivity index (χ1v) is 14.0. The highest BCUT2D eigenvalue weighted by Crippen LogP contribution is 2.40. The van der Waals surface area contributed by atoms with E-state index in [0.717, 1.165) is 16.7 Å². The lowest BCUT2D eigenvalue weighted by Gasteiger charge is -2.39. The maximum Gasteiger partial charge on any atom is 0.192 e. The Morgan fingerprint density at radius 3 is 2.55 bits per heavy atom. The monoisotopic (exact) mass is 502 g/mol. The van der Waals surface area contributed by atoms with Gasteiger partial charge in [0.25, 0.3) is 0 Å². The summed E-state index contributed by atoms with van der Waals surface area (Å²) in [7, 11) is -1.88. The molecular formula is C20H28BrClN2O4Si. The molecular weight excluding hydrogens is 476 g/mol. The van der Waals surface area contributed by atoms with E-state index in [0.29, 0.717) is 29.4 Å². The molecule has 0 amide bonds. The van der Waals surface area contributed by atoms with E-state index < -0.39 is 8.32 Å². The lowest BCUT2D eigenvalue weighted by molar-refractivity contribution is -0.0439. The van der Waals surface area contributed by atoms with Gasteiger partial charge in [0.2, 0.25) is 0 Å². The van der Waals surface area contributed by atoms with Crippen LogP contribution in [0.2, 0.25) is 23.2 Å². The van der Waals surface area contributed by atoms with Crippen LogP contribution in [0.5, 0.6) is 0 Å². The van der Waals surface area contributed by atoms with Crippen molar-refractivity contribution in [1.29, 1.82) is 0 Å². The predicted octanol–water partition coefficient (Wildman–Crippen LogP) is 5.05. The van der Waals surface area contributed by atoms with Gasteiger partial charge in [-0.2, -0.15) is 0 Å². The average molecular weight is 504 g/mol. The standard InChI is InChI=1S/C20H28BrClN2O4Si/c1-20(2,3)29(4,5)28-16-10-27-17-15(9-26-18(16)17)25-8-11-6-13-14(23-11)7-12(22)19(21)24-13/h6-7,15-18,23H,8-10H2,1-5H3/t15-,16-,17-,18-/m1/s1. The molecule has 0 spiro atoms. The second-order valence-corrected chi connectivity index (χ2v) is 15.3. The second kappa shape index (κ2) is 7.89. The molecule has 0 bridgehead atoms. The van der Waals surface area contributed by atoms with E-state index >= 15 is 0 Å². The third-order valence-electron chi connectivity index (χ3n) is 6.24. The molecule has 2 aliphatic heterocycles. The van der Waals surface area contributed by atoms with E-state index in [1.54, 1.807) is 0 Å². The van der Waals surface area contributed by atoms with Crippen LogP contribution in [0.25, 0.3) is 11.0 Å². The van der Waals surface area contributed by atoms with Crippen LogP contribution in [0.1, 0.15) is 26.5 Å². The van der Waals surface area contributed by atoms with Gasteiger partial charge in [0.1, 0.15) is 22.9 Å². The zero-order chi connectivity index (χ0) is 21.0. The van der Waals surface area contributed by atoms with Gasteiger partial charge in [-0.15, -0.1) is 0 Å². The molecule has 2 aromatic heterocycles. The molecule has 0 aliphatic carbocycles. The SMILES string of the molecule is CC(C)(C)[Si](C)(C)O[C@@H]1CO[C@H]2[C@@H]1OC[C@H]2OCc1cc2nc(Br)c(Cl)cc2[nH]1. The third-order valence-corrected chi connectivity index (χ3v) is 11.9. The summed E-state index contributed by atoms with van der Waals surface area (Å²) in [6, 6.07) is 3.83. The van der Waals surface area contributed by atoms with Gasteiger partial charge in [-0.05, 0) is 46.2 Å². The highest BCUT2D eigenvalue weighted by atomic mass is 79.9. The number of H-pyrrole nitrogens is 1.